The number of phosphoric acid groups is 1. The molecule has 10 heteroatoms. The number of esters is 2. The van der Waals surface area contributed by atoms with E-state index in [1.165, 1.54) is 128 Å². The second-order valence-corrected chi connectivity index (χ2v) is 17.4. The average Bonchev–Trinajstić information content (AvgIpc) is 3.94. The van der Waals surface area contributed by atoms with E-state index >= 15 is 0 Å². The Hall–Kier alpha value is -1.77. The third-order valence-corrected chi connectivity index (χ3v) is 11.0. The number of unbranched alkanes of at least 4 members (excludes halogenated alkanes) is 24. The number of carbonyl (C=O) groups excluding carboxylic acids is 2. The van der Waals surface area contributed by atoms with Crippen LogP contribution < -0.4 is 0 Å². The van der Waals surface area contributed by atoms with Crippen LogP contribution in [-0.2, 0) is 32.9 Å². The first-order valence-electron chi connectivity index (χ1n) is 23.4. The molecule has 9 nitrogen and oxygen atoms in total. The van der Waals surface area contributed by atoms with Crippen LogP contribution in [0.3, 0.4) is 0 Å². The molecule has 3 atom stereocenters. The summed E-state index contributed by atoms with van der Waals surface area (Å²) >= 11 is 0. The van der Waals surface area contributed by atoms with E-state index in [2.05, 4.69) is 48.8 Å². The zero-order valence-electron chi connectivity index (χ0n) is 36.4. The van der Waals surface area contributed by atoms with E-state index in [1.807, 2.05) is 6.08 Å². The molecule has 1 heterocycles. The summed E-state index contributed by atoms with van der Waals surface area (Å²) < 4.78 is 32.2. The van der Waals surface area contributed by atoms with Crippen molar-refractivity contribution in [2.75, 3.05) is 13.2 Å². The molecular weight excluding hydrogens is 739 g/mol. The Morgan fingerprint density at radius 3 is 1.49 bits per heavy atom. The first-order valence-corrected chi connectivity index (χ1v) is 24.9. The van der Waals surface area contributed by atoms with Crippen LogP contribution in [0.2, 0.25) is 0 Å². The Kier molecular flexibility index (Phi) is 35.9. The molecule has 1 saturated heterocycles. The summed E-state index contributed by atoms with van der Waals surface area (Å²) in [5.74, 6) is -0.947. The second kappa shape index (κ2) is 38.4. The van der Waals surface area contributed by atoms with Gasteiger partial charge < -0.3 is 24.0 Å². The van der Waals surface area contributed by atoms with Crippen LogP contribution in [0, 0.1) is 0 Å². The summed E-state index contributed by atoms with van der Waals surface area (Å²) in [5.41, 5.74) is 0. The van der Waals surface area contributed by atoms with Crippen LogP contribution >= 0.6 is 7.82 Å². The number of hydrogen-bond acceptors (Lipinski definition) is 7. The molecule has 2 unspecified atom stereocenters. The third kappa shape index (κ3) is 38.2. The maximum Gasteiger partial charge on any atom is 0.469 e. The number of epoxide rings is 1. The molecular formula is C47H85O9P. The summed E-state index contributed by atoms with van der Waals surface area (Å²) in [6, 6.07) is 0. The van der Waals surface area contributed by atoms with Gasteiger partial charge in [0.25, 0.3) is 0 Å². The van der Waals surface area contributed by atoms with Crippen molar-refractivity contribution in [2.24, 2.45) is 0 Å². The van der Waals surface area contributed by atoms with Gasteiger partial charge in [0.05, 0.1) is 18.8 Å². The van der Waals surface area contributed by atoms with Crippen LogP contribution in [0.15, 0.2) is 36.5 Å². The highest BCUT2D eigenvalue weighted by Gasteiger charge is 2.36. The summed E-state index contributed by atoms with van der Waals surface area (Å²) in [4.78, 5) is 43.0. The van der Waals surface area contributed by atoms with Crippen molar-refractivity contribution in [1.29, 1.82) is 0 Å². The fourth-order valence-electron chi connectivity index (χ4n) is 6.94. The van der Waals surface area contributed by atoms with Gasteiger partial charge in [-0.15, -0.1) is 0 Å². The van der Waals surface area contributed by atoms with Gasteiger partial charge in [-0.25, -0.2) is 4.57 Å². The first-order chi connectivity index (χ1) is 27.7. The van der Waals surface area contributed by atoms with Gasteiger partial charge in [0.15, 0.2) is 6.10 Å². The first kappa shape index (κ1) is 53.2. The monoisotopic (exact) mass is 825 g/mol. The lowest BCUT2D eigenvalue weighted by molar-refractivity contribution is -0.161. The van der Waals surface area contributed by atoms with E-state index in [0.717, 1.165) is 51.4 Å². The van der Waals surface area contributed by atoms with E-state index < -0.39 is 32.5 Å². The summed E-state index contributed by atoms with van der Waals surface area (Å²) in [6.45, 7) is 3.63. The van der Waals surface area contributed by atoms with Gasteiger partial charge in [-0.2, -0.15) is 0 Å². The van der Waals surface area contributed by atoms with E-state index in [1.54, 1.807) is 0 Å². The number of hydrogen-bond donors (Lipinski definition) is 2. The molecule has 57 heavy (non-hydrogen) atoms. The Bertz CT molecular complexity index is 1080. The van der Waals surface area contributed by atoms with Crippen LogP contribution in [0.1, 0.15) is 219 Å². The number of allylic oxidation sites excluding steroid dienone is 4. The van der Waals surface area contributed by atoms with Crippen LogP contribution in [-0.4, -0.2) is 53.3 Å². The lowest BCUT2D eigenvalue weighted by Gasteiger charge is -2.18. The summed E-state index contributed by atoms with van der Waals surface area (Å²) in [5, 5.41) is 0. The topological polar surface area (TPSA) is 132 Å². The molecule has 0 amide bonds. The molecule has 0 aromatic rings. The SMILES string of the molecule is CCCCC/C=C\CC1OC1C/C=C\C/C=C\CCCC(=O)OC[C@H](COP(=O)(O)O)OC(=O)CCCCCCCCCCCCCCCCCCCCCCC. The van der Waals surface area contributed by atoms with Gasteiger partial charge in [-0.05, 0) is 51.4 Å². The van der Waals surface area contributed by atoms with E-state index in [9.17, 15) is 14.2 Å². The maximum atomic E-state index is 12.5. The maximum absolute atomic E-state index is 12.5. The zero-order chi connectivity index (χ0) is 41.5. The minimum Gasteiger partial charge on any atom is -0.462 e. The Labute approximate surface area is 348 Å². The van der Waals surface area contributed by atoms with Crippen molar-refractivity contribution in [3.05, 3.63) is 36.5 Å². The zero-order valence-corrected chi connectivity index (χ0v) is 37.3. The van der Waals surface area contributed by atoms with Crippen LogP contribution in [0.25, 0.3) is 0 Å². The third-order valence-electron chi connectivity index (χ3n) is 10.6. The molecule has 0 spiro atoms. The smallest absolute Gasteiger partial charge is 0.462 e. The Morgan fingerprint density at radius 1 is 0.544 bits per heavy atom. The van der Waals surface area contributed by atoms with E-state index in [0.29, 0.717) is 25.0 Å². The molecule has 1 fully saturated rings. The van der Waals surface area contributed by atoms with Gasteiger partial charge in [0.1, 0.15) is 6.61 Å². The molecule has 1 aliphatic heterocycles. The van der Waals surface area contributed by atoms with Gasteiger partial charge in [-0.1, -0.05) is 192 Å². The molecule has 1 rings (SSSR count). The fraction of sp³-hybridized carbons (Fsp3) is 0.830. The molecule has 0 aromatic carbocycles. The Balaban J connectivity index is 2.04. The molecule has 0 saturated carbocycles. The standard InChI is InChI=1S/C47H85O9P/c1-3-5-7-9-11-12-13-14-15-16-17-18-19-20-21-22-23-24-27-32-36-40-47(49)55-43(42-54-57(50,51)52)41-53-46(48)39-35-31-28-25-26-30-34-38-45-44(56-45)37-33-29-10-8-6-4-2/h25,28-30,33-34,43-45H,3-24,26-27,31-32,35-42H2,1-2H3,(H2,50,51,52)/b28-25-,33-29-,34-30-/t43-,44?,45?/m1/s1. The van der Waals surface area contributed by atoms with Crippen molar-refractivity contribution in [2.45, 2.75) is 238 Å². The largest absolute Gasteiger partial charge is 0.469 e. The molecule has 332 valence electrons. The van der Waals surface area contributed by atoms with Crippen molar-refractivity contribution in [3.8, 4) is 0 Å². The van der Waals surface area contributed by atoms with Crippen LogP contribution in [0.4, 0.5) is 0 Å². The van der Waals surface area contributed by atoms with Gasteiger partial charge >= 0.3 is 19.8 Å². The second-order valence-electron chi connectivity index (χ2n) is 16.1. The predicted molar refractivity (Wildman–Crippen MR) is 234 cm³/mol. The van der Waals surface area contributed by atoms with Gasteiger partial charge in [0, 0.05) is 12.8 Å². The molecule has 2 N–H and O–H groups in total. The molecule has 0 aromatic heterocycles. The fourth-order valence-corrected chi connectivity index (χ4v) is 7.30. The van der Waals surface area contributed by atoms with Crippen molar-refractivity contribution >= 4 is 19.8 Å². The van der Waals surface area contributed by atoms with Gasteiger partial charge in [-0.3, -0.25) is 14.1 Å². The van der Waals surface area contributed by atoms with E-state index in [-0.39, 0.29) is 19.4 Å². The van der Waals surface area contributed by atoms with Crippen molar-refractivity contribution in [1.82, 2.24) is 0 Å². The predicted octanol–water partition coefficient (Wildman–Crippen LogP) is 13.5. The normalized spacial score (nSPS) is 16.3. The lowest BCUT2D eigenvalue weighted by Crippen LogP contribution is -2.29. The molecule has 0 radical (unpaired) electrons. The van der Waals surface area contributed by atoms with Crippen molar-refractivity contribution < 1.29 is 42.7 Å². The number of phosphoric ester groups is 1. The minimum absolute atomic E-state index is 0.188. The minimum atomic E-state index is -4.77. The number of carbonyl (C=O) groups is 2. The van der Waals surface area contributed by atoms with Crippen molar-refractivity contribution in [3.63, 3.8) is 0 Å². The number of ether oxygens (including phenoxy) is 3. The molecule has 1 aliphatic rings. The highest BCUT2D eigenvalue weighted by atomic mass is 31.2. The molecule has 0 aliphatic carbocycles. The summed E-state index contributed by atoms with van der Waals surface area (Å²) in [7, 11) is -4.77. The average molecular weight is 825 g/mol. The van der Waals surface area contributed by atoms with Crippen LogP contribution in [0.5, 0.6) is 0 Å². The highest BCUT2D eigenvalue weighted by molar-refractivity contribution is 7.46. The summed E-state index contributed by atoms with van der Waals surface area (Å²) in [6.07, 6.45) is 49.1. The quantitative estimate of drug-likeness (QED) is 0.0203. The number of rotatable bonds is 42. The molecule has 0 bridgehead atoms. The lowest BCUT2D eigenvalue weighted by atomic mass is 10.0. The van der Waals surface area contributed by atoms with Gasteiger partial charge in [0.2, 0.25) is 0 Å². The van der Waals surface area contributed by atoms with E-state index in [4.69, 9.17) is 24.0 Å². The highest BCUT2D eigenvalue weighted by Crippen LogP contribution is 2.36. The Morgan fingerprint density at radius 2 is 0.965 bits per heavy atom.